The summed E-state index contributed by atoms with van der Waals surface area (Å²) in [4.78, 5) is 26.2. The number of carbonyl (C=O) groups excluding carboxylic acids is 2. The number of Topliss-reactive ketones (excluding diaryl/α,β-unsaturated/α-hetero) is 1. The SMILES string of the molecule is CCC1CCN(C(/C=C\C(C)NC(=O)Cc2cccc(F)c2)=C/N)CC1=O. The molecule has 1 aromatic rings. The van der Waals surface area contributed by atoms with Crippen LogP contribution >= 0.6 is 0 Å². The van der Waals surface area contributed by atoms with Crippen LogP contribution in [-0.4, -0.2) is 35.7 Å². The van der Waals surface area contributed by atoms with E-state index in [1.54, 1.807) is 12.1 Å². The molecule has 0 saturated carbocycles. The molecule has 0 spiro atoms. The summed E-state index contributed by atoms with van der Waals surface area (Å²) in [7, 11) is 0. The molecule has 5 nitrogen and oxygen atoms in total. The summed E-state index contributed by atoms with van der Waals surface area (Å²) >= 11 is 0. The zero-order chi connectivity index (χ0) is 19.8. The van der Waals surface area contributed by atoms with Crippen LogP contribution in [0, 0.1) is 11.7 Å². The molecule has 3 N–H and O–H groups in total. The van der Waals surface area contributed by atoms with Gasteiger partial charge >= 0.3 is 0 Å². The van der Waals surface area contributed by atoms with E-state index >= 15 is 0 Å². The van der Waals surface area contributed by atoms with Crippen molar-refractivity contribution in [3.63, 3.8) is 0 Å². The third-order valence-electron chi connectivity index (χ3n) is 4.78. The molecular formula is C21H28FN3O2. The van der Waals surface area contributed by atoms with Gasteiger partial charge in [-0.15, -0.1) is 0 Å². The fourth-order valence-electron chi connectivity index (χ4n) is 3.22. The highest BCUT2D eigenvalue weighted by molar-refractivity contribution is 5.84. The average molecular weight is 373 g/mol. The monoisotopic (exact) mass is 373 g/mol. The highest BCUT2D eigenvalue weighted by Gasteiger charge is 2.26. The third kappa shape index (κ3) is 6.24. The summed E-state index contributed by atoms with van der Waals surface area (Å²) in [6.45, 7) is 5.04. The lowest BCUT2D eigenvalue weighted by Crippen LogP contribution is -2.40. The van der Waals surface area contributed by atoms with Crippen molar-refractivity contribution in [2.24, 2.45) is 11.7 Å². The minimum absolute atomic E-state index is 0.120. The molecule has 6 heteroatoms. The largest absolute Gasteiger partial charge is 0.403 e. The molecule has 1 aliphatic heterocycles. The van der Waals surface area contributed by atoms with Crippen molar-refractivity contribution >= 4 is 11.7 Å². The van der Waals surface area contributed by atoms with Crippen LogP contribution in [0.4, 0.5) is 4.39 Å². The number of benzene rings is 1. The van der Waals surface area contributed by atoms with E-state index in [2.05, 4.69) is 5.32 Å². The number of allylic oxidation sites excluding steroid dienone is 1. The zero-order valence-electron chi connectivity index (χ0n) is 16.0. The number of rotatable bonds is 7. The fourth-order valence-corrected chi connectivity index (χ4v) is 3.22. The lowest BCUT2D eigenvalue weighted by molar-refractivity contribution is -0.126. The molecular weight excluding hydrogens is 345 g/mol. The Hall–Kier alpha value is -2.63. The maximum atomic E-state index is 13.2. The fraction of sp³-hybridized carbons (Fsp3) is 0.429. The van der Waals surface area contributed by atoms with Crippen LogP contribution in [0.15, 0.2) is 48.3 Å². The second-order valence-corrected chi connectivity index (χ2v) is 6.90. The van der Waals surface area contributed by atoms with Crippen molar-refractivity contribution in [2.75, 3.05) is 13.1 Å². The quantitative estimate of drug-likeness (QED) is 0.720. The van der Waals surface area contributed by atoms with Crippen LogP contribution in [0.3, 0.4) is 0 Å². The summed E-state index contributed by atoms with van der Waals surface area (Å²) in [5, 5.41) is 2.85. The molecule has 2 unspecified atom stereocenters. The van der Waals surface area contributed by atoms with E-state index in [1.165, 1.54) is 18.3 Å². The first-order valence-corrected chi connectivity index (χ1v) is 9.34. The maximum absolute atomic E-state index is 13.2. The molecule has 0 aliphatic carbocycles. The lowest BCUT2D eigenvalue weighted by atomic mass is 9.93. The second kappa shape index (κ2) is 9.90. The van der Waals surface area contributed by atoms with Crippen molar-refractivity contribution in [3.05, 3.63) is 59.7 Å². The van der Waals surface area contributed by atoms with Crippen molar-refractivity contribution < 1.29 is 14.0 Å². The van der Waals surface area contributed by atoms with Gasteiger partial charge in [0.15, 0.2) is 5.78 Å². The van der Waals surface area contributed by atoms with E-state index in [4.69, 9.17) is 5.73 Å². The zero-order valence-corrected chi connectivity index (χ0v) is 16.0. The second-order valence-electron chi connectivity index (χ2n) is 6.90. The Balaban J connectivity index is 1.87. The predicted octanol–water partition coefficient (Wildman–Crippen LogP) is 2.53. The number of nitrogens with zero attached hydrogens (tertiary/aromatic N) is 1. The van der Waals surface area contributed by atoms with Gasteiger partial charge in [-0.2, -0.15) is 0 Å². The Morgan fingerprint density at radius 1 is 1.48 bits per heavy atom. The van der Waals surface area contributed by atoms with Crippen molar-refractivity contribution in [2.45, 2.75) is 39.2 Å². The van der Waals surface area contributed by atoms with Gasteiger partial charge in [0.2, 0.25) is 5.91 Å². The minimum atomic E-state index is -0.354. The average Bonchev–Trinajstić information content (AvgIpc) is 2.62. The number of likely N-dealkylation sites (tertiary alicyclic amines) is 1. The number of ketones is 1. The van der Waals surface area contributed by atoms with Gasteiger partial charge < -0.3 is 16.0 Å². The normalized spacial score (nSPS) is 19.4. The Morgan fingerprint density at radius 2 is 2.26 bits per heavy atom. The lowest BCUT2D eigenvalue weighted by Gasteiger charge is -2.32. The van der Waals surface area contributed by atoms with Crippen molar-refractivity contribution in [1.29, 1.82) is 0 Å². The topological polar surface area (TPSA) is 75.4 Å². The number of halogens is 1. The van der Waals surface area contributed by atoms with Gasteiger partial charge in [0, 0.05) is 24.7 Å². The first-order valence-electron chi connectivity index (χ1n) is 9.34. The number of nitrogens with two attached hydrogens (primary N) is 1. The molecule has 1 amide bonds. The van der Waals surface area contributed by atoms with Gasteiger partial charge in [0.1, 0.15) is 5.82 Å². The summed E-state index contributed by atoms with van der Waals surface area (Å²) in [6, 6.07) is 5.79. The molecule has 2 rings (SSSR count). The van der Waals surface area contributed by atoms with Crippen LogP contribution in [0.5, 0.6) is 0 Å². The summed E-state index contributed by atoms with van der Waals surface area (Å²) in [5.74, 6) is -0.152. The van der Waals surface area contributed by atoms with E-state index in [1.807, 2.05) is 30.9 Å². The first kappa shape index (κ1) is 20.7. The third-order valence-corrected chi connectivity index (χ3v) is 4.78. The summed E-state index contributed by atoms with van der Waals surface area (Å²) in [6.07, 6.45) is 6.97. The van der Waals surface area contributed by atoms with Crippen LogP contribution in [0.25, 0.3) is 0 Å². The Morgan fingerprint density at radius 3 is 2.89 bits per heavy atom. The van der Waals surface area contributed by atoms with Crippen LogP contribution in [0.2, 0.25) is 0 Å². The first-order chi connectivity index (χ1) is 12.9. The number of hydrogen-bond donors (Lipinski definition) is 2. The maximum Gasteiger partial charge on any atom is 0.224 e. The van der Waals surface area contributed by atoms with Gasteiger partial charge in [-0.1, -0.05) is 25.1 Å². The molecule has 1 aliphatic rings. The molecule has 0 radical (unpaired) electrons. The molecule has 27 heavy (non-hydrogen) atoms. The Kier molecular flexibility index (Phi) is 7.58. The minimum Gasteiger partial charge on any atom is -0.403 e. The molecule has 2 atom stereocenters. The highest BCUT2D eigenvalue weighted by atomic mass is 19.1. The molecule has 146 valence electrons. The number of carbonyl (C=O) groups is 2. The van der Waals surface area contributed by atoms with Gasteiger partial charge in [-0.3, -0.25) is 9.59 Å². The van der Waals surface area contributed by atoms with Crippen LogP contribution in [0.1, 0.15) is 32.3 Å². The molecule has 0 aromatic heterocycles. The summed E-state index contributed by atoms with van der Waals surface area (Å²) in [5.41, 5.74) is 7.13. The standard InChI is InChI=1S/C21H28FN3O2/c1-3-17-9-10-25(14-20(17)26)19(13-23)8-7-15(2)24-21(27)12-16-5-4-6-18(22)11-16/h4-8,11,13,15,17H,3,9-10,12,14,23H2,1-2H3,(H,24,27)/b8-7-,19-13+. The number of nitrogens with one attached hydrogen (secondary N) is 1. The predicted molar refractivity (Wildman–Crippen MR) is 104 cm³/mol. The molecule has 1 saturated heterocycles. The van der Waals surface area contributed by atoms with Crippen LogP contribution < -0.4 is 11.1 Å². The molecule has 1 aromatic carbocycles. The molecule has 1 fully saturated rings. The van der Waals surface area contributed by atoms with E-state index in [0.29, 0.717) is 12.1 Å². The van der Waals surface area contributed by atoms with E-state index in [0.717, 1.165) is 25.1 Å². The highest BCUT2D eigenvalue weighted by Crippen LogP contribution is 2.20. The van der Waals surface area contributed by atoms with Gasteiger partial charge in [-0.05, 0) is 43.5 Å². The Labute approximate surface area is 160 Å². The van der Waals surface area contributed by atoms with E-state index in [-0.39, 0.29) is 35.9 Å². The van der Waals surface area contributed by atoms with Gasteiger partial charge in [0.05, 0.1) is 18.7 Å². The van der Waals surface area contributed by atoms with Crippen molar-refractivity contribution in [1.82, 2.24) is 10.2 Å². The Bertz CT molecular complexity index is 730. The smallest absolute Gasteiger partial charge is 0.224 e. The summed E-state index contributed by atoms with van der Waals surface area (Å²) < 4.78 is 13.2. The molecule has 1 heterocycles. The van der Waals surface area contributed by atoms with Gasteiger partial charge in [-0.25, -0.2) is 4.39 Å². The van der Waals surface area contributed by atoms with E-state index < -0.39 is 0 Å². The van der Waals surface area contributed by atoms with Crippen molar-refractivity contribution in [3.8, 4) is 0 Å². The number of amides is 1. The molecule has 0 bridgehead atoms. The number of piperidine rings is 1. The van der Waals surface area contributed by atoms with E-state index in [9.17, 15) is 14.0 Å². The van der Waals surface area contributed by atoms with Gasteiger partial charge in [0.25, 0.3) is 0 Å². The number of hydrogen-bond acceptors (Lipinski definition) is 4. The van der Waals surface area contributed by atoms with Crippen LogP contribution in [-0.2, 0) is 16.0 Å².